The average Bonchev–Trinajstić information content (AvgIpc) is 3.17. The molecule has 0 spiro atoms. The number of imidazole rings is 1. The van der Waals surface area contributed by atoms with Crippen molar-refractivity contribution in [2.75, 3.05) is 5.75 Å². The summed E-state index contributed by atoms with van der Waals surface area (Å²) in [4.78, 5) is 9.36. The van der Waals surface area contributed by atoms with Crippen LogP contribution < -0.4 is 0 Å². The number of nitrogens with zero attached hydrogens (tertiary/aromatic N) is 3. The van der Waals surface area contributed by atoms with Gasteiger partial charge in [-0.15, -0.1) is 11.3 Å². The zero-order valence-electron chi connectivity index (χ0n) is 10.3. The van der Waals surface area contributed by atoms with Gasteiger partial charge in [0.1, 0.15) is 16.3 Å². The van der Waals surface area contributed by atoms with Crippen LogP contribution in [0.3, 0.4) is 0 Å². The van der Waals surface area contributed by atoms with Gasteiger partial charge in [0.2, 0.25) is 0 Å². The van der Waals surface area contributed by atoms with Crippen molar-refractivity contribution in [3.05, 3.63) is 41.7 Å². The molecule has 0 amide bonds. The molecule has 19 heavy (non-hydrogen) atoms. The summed E-state index contributed by atoms with van der Waals surface area (Å²) in [6.07, 6.45) is 4.36. The third-order valence-electron chi connectivity index (χ3n) is 3.39. The Morgan fingerprint density at radius 3 is 3.05 bits per heavy atom. The molecule has 1 fully saturated rings. The van der Waals surface area contributed by atoms with Gasteiger partial charge in [-0.25, -0.2) is 9.97 Å². The predicted molar refractivity (Wildman–Crippen MR) is 81.2 cm³/mol. The van der Waals surface area contributed by atoms with E-state index in [1.54, 1.807) is 11.3 Å². The maximum atomic E-state index is 4.84. The van der Waals surface area contributed by atoms with E-state index >= 15 is 0 Å². The number of fused-ring (bicyclic) bond motifs is 1. The highest BCUT2D eigenvalue weighted by Gasteiger charge is 2.25. The van der Waals surface area contributed by atoms with Gasteiger partial charge in [0, 0.05) is 6.20 Å². The monoisotopic (exact) mass is 287 g/mol. The first kappa shape index (κ1) is 11.5. The second-order valence-corrected chi connectivity index (χ2v) is 6.84. The van der Waals surface area contributed by atoms with Gasteiger partial charge in [-0.3, -0.25) is 4.57 Å². The molecule has 4 heterocycles. The van der Waals surface area contributed by atoms with Crippen molar-refractivity contribution in [2.24, 2.45) is 0 Å². The largest absolute Gasteiger partial charge is 0.270 e. The summed E-state index contributed by atoms with van der Waals surface area (Å²) >= 11 is 3.76. The van der Waals surface area contributed by atoms with E-state index in [2.05, 4.69) is 33.1 Å². The van der Waals surface area contributed by atoms with E-state index in [4.69, 9.17) is 4.98 Å². The third kappa shape index (κ3) is 1.88. The summed E-state index contributed by atoms with van der Waals surface area (Å²) in [7, 11) is 0. The Kier molecular flexibility index (Phi) is 2.81. The molecule has 4 rings (SSSR count). The van der Waals surface area contributed by atoms with Gasteiger partial charge >= 0.3 is 0 Å². The summed E-state index contributed by atoms with van der Waals surface area (Å²) in [5.74, 6) is 2.41. The topological polar surface area (TPSA) is 30.7 Å². The van der Waals surface area contributed by atoms with E-state index in [-0.39, 0.29) is 0 Å². The fourth-order valence-electron chi connectivity index (χ4n) is 2.54. The second kappa shape index (κ2) is 4.65. The fraction of sp³-hybridized carbons (Fsp3) is 0.286. The molecule has 5 heteroatoms. The molecular weight excluding hydrogens is 274 g/mol. The van der Waals surface area contributed by atoms with Crippen LogP contribution in [-0.2, 0) is 0 Å². The van der Waals surface area contributed by atoms with Crippen LogP contribution in [0.4, 0.5) is 0 Å². The molecule has 3 aromatic heterocycles. The molecule has 0 radical (unpaired) electrons. The lowest BCUT2D eigenvalue weighted by Crippen LogP contribution is -2.02. The molecule has 0 aromatic carbocycles. The van der Waals surface area contributed by atoms with Crippen molar-refractivity contribution in [1.82, 2.24) is 14.5 Å². The molecule has 1 aliphatic heterocycles. The van der Waals surface area contributed by atoms with Gasteiger partial charge in [-0.05, 0) is 48.2 Å². The summed E-state index contributed by atoms with van der Waals surface area (Å²) in [6.45, 7) is 0. The first-order chi connectivity index (χ1) is 9.43. The summed E-state index contributed by atoms with van der Waals surface area (Å²) in [5, 5.41) is 3.83. The van der Waals surface area contributed by atoms with Crippen LogP contribution in [0.1, 0.15) is 23.9 Å². The van der Waals surface area contributed by atoms with Gasteiger partial charge in [-0.2, -0.15) is 11.8 Å². The third-order valence-corrected chi connectivity index (χ3v) is 5.61. The van der Waals surface area contributed by atoms with Crippen molar-refractivity contribution in [3.8, 4) is 5.00 Å². The van der Waals surface area contributed by atoms with Crippen molar-refractivity contribution >= 4 is 34.3 Å². The number of thiophene rings is 1. The van der Waals surface area contributed by atoms with E-state index in [1.165, 1.54) is 29.4 Å². The number of pyridine rings is 1. The van der Waals surface area contributed by atoms with Crippen LogP contribution in [0.15, 0.2) is 35.8 Å². The lowest BCUT2D eigenvalue weighted by atomic mass is 10.2. The molecule has 0 saturated carbocycles. The predicted octanol–water partition coefficient (Wildman–Crippen LogP) is 4.05. The Morgan fingerprint density at radius 2 is 2.26 bits per heavy atom. The Hall–Kier alpha value is -1.33. The van der Waals surface area contributed by atoms with Gasteiger partial charge in [0.05, 0.1) is 5.25 Å². The molecule has 0 aliphatic carbocycles. The highest BCUT2D eigenvalue weighted by Crippen LogP contribution is 2.41. The number of hydrogen-bond acceptors (Lipinski definition) is 4. The molecule has 0 bridgehead atoms. The van der Waals surface area contributed by atoms with E-state index < -0.39 is 0 Å². The highest BCUT2D eigenvalue weighted by molar-refractivity contribution is 7.99. The molecule has 3 aromatic rings. The van der Waals surface area contributed by atoms with Crippen LogP contribution >= 0.6 is 23.1 Å². The minimum atomic E-state index is 0.510. The molecule has 1 unspecified atom stereocenters. The Labute approximate surface area is 119 Å². The second-order valence-electron chi connectivity index (χ2n) is 4.60. The van der Waals surface area contributed by atoms with Crippen molar-refractivity contribution in [1.29, 1.82) is 0 Å². The molecule has 3 nitrogen and oxygen atoms in total. The van der Waals surface area contributed by atoms with Gasteiger partial charge in [-0.1, -0.05) is 0 Å². The fourth-order valence-corrected chi connectivity index (χ4v) is 4.54. The molecular formula is C14H13N3S2. The number of hydrogen-bond donors (Lipinski definition) is 0. The van der Waals surface area contributed by atoms with Crippen LogP contribution in [0, 0.1) is 0 Å². The average molecular weight is 287 g/mol. The summed E-state index contributed by atoms with van der Waals surface area (Å²) in [6, 6.07) is 8.24. The zero-order chi connectivity index (χ0) is 12.7. The Morgan fingerprint density at radius 1 is 1.26 bits per heavy atom. The van der Waals surface area contributed by atoms with Crippen molar-refractivity contribution in [3.63, 3.8) is 0 Å². The number of rotatable bonds is 2. The van der Waals surface area contributed by atoms with Gasteiger partial charge in [0.25, 0.3) is 0 Å². The lowest BCUT2D eigenvalue weighted by molar-refractivity contribution is 0.768. The van der Waals surface area contributed by atoms with E-state index in [9.17, 15) is 0 Å². The van der Waals surface area contributed by atoms with Crippen molar-refractivity contribution < 1.29 is 0 Å². The summed E-state index contributed by atoms with van der Waals surface area (Å²) < 4.78 is 2.24. The first-order valence-corrected chi connectivity index (χ1v) is 8.35. The first-order valence-electron chi connectivity index (χ1n) is 6.42. The SMILES string of the molecule is c1csc(-n2c(C3CCCS3)nc3cccnc32)c1. The minimum absolute atomic E-state index is 0.510. The highest BCUT2D eigenvalue weighted by atomic mass is 32.2. The van der Waals surface area contributed by atoms with Crippen LogP contribution in [0.5, 0.6) is 0 Å². The van der Waals surface area contributed by atoms with Crippen molar-refractivity contribution in [2.45, 2.75) is 18.1 Å². The normalized spacial score (nSPS) is 19.3. The quantitative estimate of drug-likeness (QED) is 0.712. The standard InChI is InChI=1S/C14H13N3S2/c1-4-10-13(15-7-1)17(12-6-3-9-19-12)14(16-10)11-5-2-8-18-11/h1,3-4,6-7,9,11H,2,5,8H2. The maximum Gasteiger partial charge on any atom is 0.165 e. The zero-order valence-corrected chi connectivity index (χ0v) is 12.0. The van der Waals surface area contributed by atoms with Gasteiger partial charge in [0.15, 0.2) is 5.65 Å². The maximum absolute atomic E-state index is 4.84. The molecule has 1 aliphatic rings. The Balaban J connectivity index is 1.98. The number of thioether (sulfide) groups is 1. The Bertz CT molecular complexity index is 697. The van der Waals surface area contributed by atoms with E-state index in [0.717, 1.165) is 11.2 Å². The smallest absolute Gasteiger partial charge is 0.165 e. The van der Waals surface area contributed by atoms with Crippen LogP contribution in [0.25, 0.3) is 16.2 Å². The lowest BCUT2D eigenvalue weighted by Gasteiger charge is -2.10. The number of aromatic nitrogens is 3. The van der Waals surface area contributed by atoms with Crippen LogP contribution in [0.2, 0.25) is 0 Å². The summed E-state index contributed by atoms with van der Waals surface area (Å²) in [5.41, 5.74) is 1.98. The molecule has 96 valence electrons. The van der Waals surface area contributed by atoms with Gasteiger partial charge < -0.3 is 0 Å². The van der Waals surface area contributed by atoms with Crippen LogP contribution in [-0.4, -0.2) is 20.3 Å². The van der Waals surface area contributed by atoms with E-state index in [1.807, 2.05) is 24.0 Å². The molecule has 1 atom stereocenters. The van der Waals surface area contributed by atoms with E-state index in [0.29, 0.717) is 5.25 Å². The minimum Gasteiger partial charge on any atom is -0.270 e. The molecule has 1 saturated heterocycles. The molecule has 0 N–H and O–H groups in total.